The second-order valence-corrected chi connectivity index (χ2v) is 6.12. The molecule has 0 bridgehead atoms. The molecule has 0 aromatic carbocycles. The minimum Gasteiger partial charge on any atom is -0.492 e. The van der Waals surface area contributed by atoms with Gasteiger partial charge in [-0.3, -0.25) is 4.79 Å². The standard InChI is InChI=1S/C14H22N4O2S/c1-4-6-16-13(19)12-10(15)11(20-3)14(21-12)17-9-5-7-18(2)8-9/h4,9,17H,1,5-8,15H2,2-3H3,(H,16,19). The van der Waals surface area contributed by atoms with Crippen molar-refractivity contribution < 1.29 is 9.53 Å². The van der Waals surface area contributed by atoms with Crippen LogP contribution in [-0.4, -0.2) is 50.6 Å². The number of hydrogen-bond acceptors (Lipinski definition) is 6. The molecule has 1 atom stereocenters. The SMILES string of the molecule is C=CCNC(=O)c1sc(NC2CCN(C)C2)c(OC)c1N. The summed E-state index contributed by atoms with van der Waals surface area (Å²) in [5.41, 5.74) is 6.42. The molecular weight excluding hydrogens is 288 g/mol. The van der Waals surface area contributed by atoms with Gasteiger partial charge in [-0.2, -0.15) is 0 Å². The Morgan fingerprint density at radius 3 is 3.00 bits per heavy atom. The summed E-state index contributed by atoms with van der Waals surface area (Å²) >= 11 is 1.33. The molecule has 1 amide bonds. The second kappa shape index (κ2) is 6.82. The number of nitrogens with zero attached hydrogens (tertiary/aromatic N) is 1. The maximum absolute atomic E-state index is 12.1. The summed E-state index contributed by atoms with van der Waals surface area (Å²) in [4.78, 5) is 14.8. The summed E-state index contributed by atoms with van der Waals surface area (Å²) in [6, 6.07) is 0.353. The number of rotatable bonds is 6. The molecule has 7 heteroatoms. The van der Waals surface area contributed by atoms with E-state index in [1.807, 2.05) is 0 Å². The molecular formula is C14H22N4O2S. The molecule has 1 saturated heterocycles. The van der Waals surface area contributed by atoms with Crippen LogP contribution in [-0.2, 0) is 0 Å². The highest BCUT2D eigenvalue weighted by molar-refractivity contribution is 7.19. The first-order valence-electron chi connectivity index (χ1n) is 6.87. The van der Waals surface area contributed by atoms with Gasteiger partial charge in [0.2, 0.25) is 0 Å². The Morgan fingerprint density at radius 2 is 2.43 bits per heavy atom. The predicted octanol–water partition coefficient (Wildman–Crippen LogP) is 1.37. The van der Waals surface area contributed by atoms with Crippen LogP contribution in [0.3, 0.4) is 0 Å². The number of thiophene rings is 1. The zero-order valence-electron chi connectivity index (χ0n) is 12.4. The number of carbonyl (C=O) groups is 1. The first-order chi connectivity index (χ1) is 10.1. The van der Waals surface area contributed by atoms with Crippen molar-refractivity contribution in [2.24, 2.45) is 0 Å². The third-order valence-corrected chi connectivity index (χ3v) is 4.56. The summed E-state index contributed by atoms with van der Waals surface area (Å²) in [7, 11) is 3.66. The molecule has 4 N–H and O–H groups in total. The van der Waals surface area contributed by atoms with Gasteiger partial charge in [0.25, 0.3) is 5.91 Å². The number of nitrogens with two attached hydrogens (primary N) is 1. The molecule has 1 aliphatic rings. The number of amides is 1. The van der Waals surface area contributed by atoms with E-state index in [9.17, 15) is 4.79 Å². The van der Waals surface area contributed by atoms with E-state index in [0.29, 0.717) is 28.9 Å². The molecule has 1 unspecified atom stereocenters. The van der Waals surface area contributed by atoms with Crippen LogP contribution in [0.4, 0.5) is 10.7 Å². The molecule has 1 fully saturated rings. The van der Waals surface area contributed by atoms with Crippen molar-refractivity contribution in [2.45, 2.75) is 12.5 Å². The average Bonchev–Trinajstić information content (AvgIpc) is 3.00. The number of nitrogen functional groups attached to an aromatic ring is 1. The molecule has 0 radical (unpaired) electrons. The van der Waals surface area contributed by atoms with Gasteiger partial charge in [0.1, 0.15) is 15.6 Å². The van der Waals surface area contributed by atoms with Gasteiger partial charge in [0.15, 0.2) is 5.75 Å². The maximum Gasteiger partial charge on any atom is 0.263 e. The molecule has 1 aliphatic heterocycles. The van der Waals surface area contributed by atoms with Crippen molar-refractivity contribution in [1.29, 1.82) is 0 Å². The Kier molecular flexibility index (Phi) is 5.08. The Morgan fingerprint density at radius 1 is 1.67 bits per heavy atom. The van der Waals surface area contributed by atoms with Crippen LogP contribution >= 0.6 is 11.3 Å². The monoisotopic (exact) mass is 310 g/mol. The molecule has 0 saturated carbocycles. The molecule has 6 nitrogen and oxygen atoms in total. The topological polar surface area (TPSA) is 79.6 Å². The van der Waals surface area contributed by atoms with E-state index in [1.165, 1.54) is 11.3 Å². The Balaban J connectivity index is 2.17. The highest BCUT2D eigenvalue weighted by atomic mass is 32.1. The fraction of sp³-hybridized carbons (Fsp3) is 0.500. The smallest absolute Gasteiger partial charge is 0.263 e. The molecule has 2 heterocycles. The summed E-state index contributed by atoms with van der Waals surface area (Å²) in [5.74, 6) is 0.352. The molecule has 2 rings (SSSR count). The van der Waals surface area contributed by atoms with Crippen molar-refractivity contribution in [3.05, 3.63) is 17.5 Å². The van der Waals surface area contributed by atoms with Gasteiger partial charge in [0.05, 0.1) is 7.11 Å². The fourth-order valence-corrected chi connectivity index (χ4v) is 3.46. The highest BCUT2D eigenvalue weighted by Crippen LogP contribution is 2.43. The number of hydrogen-bond donors (Lipinski definition) is 3. The molecule has 1 aromatic rings. The number of anilines is 2. The van der Waals surface area contributed by atoms with E-state index in [0.717, 1.165) is 24.5 Å². The lowest BCUT2D eigenvalue weighted by Crippen LogP contribution is -2.23. The lowest BCUT2D eigenvalue weighted by molar-refractivity contribution is 0.0962. The summed E-state index contributed by atoms with van der Waals surface area (Å²) in [6.45, 7) is 6.02. The number of carbonyl (C=O) groups excluding carboxylic acids is 1. The Hall–Kier alpha value is -1.73. The summed E-state index contributed by atoms with van der Waals surface area (Å²) < 4.78 is 5.36. The predicted molar refractivity (Wildman–Crippen MR) is 87.3 cm³/mol. The van der Waals surface area contributed by atoms with Crippen LogP contribution in [0.2, 0.25) is 0 Å². The first kappa shape index (κ1) is 15.7. The van der Waals surface area contributed by atoms with Crippen LogP contribution in [0.5, 0.6) is 5.75 Å². The van der Waals surface area contributed by atoms with Gasteiger partial charge < -0.3 is 26.0 Å². The number of likely N-dealkylation sites (tertiary alicyclic amines) is 1. The highest BCUT2D eigenvalue weighted by Gasteiger charge is 2.25. The van der Waals surface area contributed by atoms with Crippen LogP contribution in [0.15, 0.2) is 12.7 Å². The van der Waals surface area contributed by atoms with Gasteiger partial charge in [-0.05, 0) is 20.0 Å². The van der Waals surface area contributed by atoms with E-state index in [1.54, 1.807) is 13.2 Å². The molecule has 0 spiro atoms. The van der Waals surface area contributed by atoms with Crippen LogP contribution in [0, 0.1) is 0 Å². The lowest BCUT2D eigenvalue weighted by Gasteiger charge is -2.13. The zero-order valence-corrected chi connectivity index (χ0v) is 13.3. The summed E-state index contributed by atoms with van der Waals surface area (Å²) in [5, 5.41) is 6.99. The Bertz CT molecular complexity index is 529. The molecule has 21 heavy (non-hydrogen) atoms. The van der Waals surface area contributed by atoms with Crippen molar-refractivity contribution in [3.8, 4) is 5.75 Å². The normalized spacial score (nSPS) is 18.5. The second-order valence-electron chi connectivity index (χ2n) is 5.10. The van der Waals surface area contributed by atoms with Gasteiger partial charge >= 0.3 is 0 Å². The first-order valence-corrected chi connectivity index (χ1v) is 7.68. The summed E-state index contributed by atoms with van der Waals surface area (Å²) in [6.07, 6.45) is 2.70. The number of ether oxygens (including phenoxy) is 1. The van der Waals surface area contributed by atoms with E-state index in [4.69, 9.17) is 10.5 Å². The molecule has 0 aliphatic carbocycles. The molecule has 116 valence electrons. The van der Waals surface area contributed by atoms with Gasteiger partial charge in [-0.1, -0.05) is 6.08 Å². The number of nitrogens with one attached hydrogen (secondary N) is 2. The fourth-order valence-electron chi connectivity index (χ4n) is 2.38. The quantitative estimate of drug-likeness (QED) is 0.692. The third kappa shape index (κ3) is 3.48. The minimum absolute atomic E-state index is 0.202. The van der Waals surface area contributed by atoms with E-state index in [2.05, 4.69) is 29.2 Å². The van der Waals surface area contributed by atoms with Crippen LogP contribution in [0.25, 0.3) is 0 Å². The van der Waals surface area contributed by atoms with Crippen molar-refractivity contribution >= 4 is 27.9 Å². The third-order valence-electron chi connectivity index (χ3n) is 3.44. The van der Waals surface area contributed by atoms with Gasteiger partial charge in [-0.25, -0.2) is 0 Å². The maximum atomic E-state index is 12.1. The number of methoxy groups -OCH3 is 1. The van der Waals surface area contributed by atoms with Crippen molar-refractivity contribution in [3.63, 3.8) is 0 Å². The van der Waals surface area contributed by atoms with E-state index in [-0.39, 0.29) is 5.91 Å². The van der Waals surface area contributed by atoms with Gasteiger partial charge in [0, 0.05) is 19.1 Å². The van der Waals surface area contributed by atoms with Crippen LogP contribution in [0.1, 0.15) is 16.1 Å². The zero-order chi connectivity index (χ0) is 15.4. The largest absolute Gasteiger partial charge is 0.492 e. The molecule has 1 aromatic heterocycles. The van der Waals surface area contributed by atoms with Crippen molar-refractivity contribution in [1.82, 2.24) is 10.2 Å². The number of likely N-dealkylation sites (N-methyl/N-ethyl adjacent to an activating group) is 1. The van der Waals surface area contributed by atoms with E-state index < -0.39 is 0 Å². The van der Waals surface area contributed by atoms with Crippen molar-refractivity contribution in [2.75, 3.05) is 44.8 Å². The average molecular weight is 310 g/mol. The van der Waals surface area contributed by atoms with E-state index >= 15 is 0 Å². The van der Waals surface area contributed by atoms with Crippen LogP contribution < -0.4 is 21.1 Å². The minimum atomic E-state index is -0.202. The lowest BCUT2D eigenvalue weighted by atomic mass is 10.2. The van der Waals surface area contributed by atoms with Gasteiger partial charge in [-0.15, -0.1) is 17.9 Å². The Labute approximate surface area is 129 Å².